The van der Waals surface area contributed by atoms with E-state index in [-0.39, 0.29) is 5.91 Å². The number of benzene rings is 1. The number of amides is 1. The Morgan fingerprint density at radius 1 is 1.12 bits per heavy atom. The molecule has 1 aliphatic heterocycles. The monoisotopic (exact) mass is 344 g/mol. The molecule has 5 nitrogen and oxygen atoms in total. The van der Waals surface area contributed by atoms with Gasteiger partial charge in [-0.1, -0.05) is 29.8 Å². The van der Waals surface area contributed by atoms with Gasteiger partial charge in [-0.25, -0.2) is 4.98 Å². The summed E-state index contributed by atoms with van der Waals surface area (Å²) in [4.78, 5) is 25.1. The molecular formula is C18H21ClN4O. The zero-order chi connectivity index (χ0) is 16.8. The molecule has 126 valence electrons. The van der Waals surface area contributed by atoms with Crippen LogP contribution in [0.25, 0.3) is 0 Å². The Labute approximate surface area is 147 Å². The fourth-order valence-electron chi connectivity index (χ4n) is 2.95. The summed E-state index contributed by atoms with van der Waals surface area (Å²) in [5, 5.41) is 0.731. The lowest BCUT2D eigenvalue weighted by atomic mass is 10.1. The van der Waals surface area contributed by atoms with Crippen LogP contribution >= 0.6 is 11.6 Å². The maximum Gasteiger partial charge on any atom is 0.222 e. The van der Waals surface area contributed by atoms with E-state index in [0.29, 0.717) is 12.8 Å². The minimum atomic E-state index is 0.191. The largest absolute Gasteiger partial charge is 0.354 e. The Bertz CT molecular complexity index is 680. The molecule has 2 aromatic rings. The molecule has 0 radical (unpaired) electrons. The Hall–Kier alpha value is -2.14. The Morgan fingerprint density at radius 2 is 2.00 bits per heavy atom. The molecule has 1 amide bonds. The van der Waals surface area contributed by atoms with Crippen molar-refractivity contribution < 1.29 is 4.79 Å². The third kappa shape index (κ3) is 4.23. The van der Waals surface area contributed by atoms with Crippen molar-refractivity contribution >= 4 is 23.3 Å². The summed E-state index contributed by atoms with van der Waals surface area (Å²) in [5.41, 5.74) is 1.03. The van der Waals surface area contributed by atoms with Crippen molar-refractivity contribution in [3.05, 3.63) is 53.4 Å². The number of aromatic nitrogens is 2. The number of anilines is 1. The fraction of sp³-hybridized carbons (Fsp3) is 0.389. The first-order valence-electron chi connectivity index (χ1n) is 8.26. The Morgan fingerprint density at radius 3 is 2.79 bits per heavy atom. The van der Waals surface area contributed by atoms with Crippen LogP contribution in [-0.4, -0.2) is 47.0 Å². The van der Waals surface area contributed by atoms with Gasteiger partial charge < -0.3 is 9.80 Å². The molecule has 1 aromatic heterocycles. The minimum absolute atomic E-state index is 0.191. The highest BCUT2D eigenvalue weighted by atomic mass is 35.5. The molecule has 1 saturated heterocycles. The van der Waals surface area contributed by atoms with E-state index < -0.39 is 0 Å². The van der Waals surface area contributed by atoms with Crippen molar-refractivity contribution in [1.82, 2.24) is 14.9 Å². The van der Waals surface area contributed by atoms with Gasteiger partial charge in [-0.05, 0) is 24.5 Å². The van der Waals surface area contributed by atoms with E-state index >= 15 is 0 Å². The summed E-state index contributed by atoms with van der Waals surface area (Å²) in [6, 6.07) is 7.71. The average molecular weight is 345 g/mol. The van der Waals surface area contributed by atoms with Crippen LogP contribution in [0.4, 0.5) is 5.82 Å². The third-order valence-electron chi connectivity index (χ3n) is 4.29. The second kappa shape index (κ2) is 8.11. The number of nitrogens with zero attached hydrogens (tertiary/aromatic N) is 4. The highest BCUT2D eigenvalue weighted by Gasteiger charge is 2.19. The van der Waals surface area contributed by atoms with Crippen LogP contribution < -0.4 is 4.90 Å². The van der Waals surface area contributed by atoms with Crippen molar-refractivity contribution in [3.63, 3.8) is 0 Å². The average Bonchev–Trinajstić information content (AvgIpc) is 2.88. The van der Waals surface area contributed by atoms with Crippen molar-refractivity contribution in [2.24, 2.45) is 0 Å². The molecule has 1 fully saturated rings. The molecule has 0 atom stereocenters. The molecule has 1 aliphatic rings. The van der Waals surface area contributed by atoms with Gasteiger partial charge in [0.1, 0.15) is 5.82 Å². The quantitative estimate of drug-likeness (QED) is 0.855. The molecule has 0 spiro atoms. The Balaban J connectivity index is 1.54. The van der Waals surface area contributed by atoms with Crippen LogP contribution in [0.2, 0.25) is 5.02 Å². The summed E-state index contributed by atoms with van der Waals surface area (Å²) in [6.07, 6.45) is 7.26. The Kier molecular flexibility index (Phi) is 5.64. The van der Waals surface area contributed by atoms with Crippen molar-refractivity contribution in [3.8, 4) is 0 Å². The lowest BCUT2D eigenvalue weighted by Crippen LogP contribution is -2.35. The van der Waals surface area contributed by atoms with Gasteiger partial charge in [0, 0.05) is 50.0 Å². The fourth-order valence-corrected chi connectivity index (χ4v) is 3.18. The first kappa shape index (κ1) is 16.7. The zero-order valence-corrected chi connectivity index (χ0v) is 14.3. The van der Waals surface area contributed by atoms with E-state index in [1.807, 2.05) is 29.2 Å². The van der Waals surface area contributed by atoms with Gasteiger partial charge in [0.05, 0.1) is 6.20 Å². The molecule has 0 unspecified atom stereocenters. The lowest BCUT2D eigenvalue weighted by Gasteiger charge is -2.22. The highest BCUT2D eigenvalue weighted by molar-refractivity contribution is 6.31. The van der Waals surface area contributed by atoms with Crippen LogP contribution in [0.5, 0.6) is 0 Å². The standard InChI is InChI=1S/C18H21ClN4O/c19-16-5-2-1-4-15(16)6-7-18(24)23-11-3-10-22(12-13-23)17-14-20-8-9-21-17/h1-2,4-5,8-9,14H,3,6-7,10-13H2. The zero-order valence-electron chi connectivity index (χ0n) is 13.6. The van der Waals surface area contributed by atoms with E-state index in [1.54, 1.807) is 18.6 Å². The maximum atomic E-state index is 12.5. The molecule has 0 N–H and O–H groups in total. The highest BCUT2D eigenvalue weighted by Crippen LogP contribution is 2.18. The summed E-state index contributed by atoms with van der Waals surface area (Å²) in [6.45, 7) is 3.19. The molecule has 3 rings (SSSR count). The number of carbonyl (C=O) groups is 1. The van der Waals surface area contributed by atoms with Gasteiger partial charge >= 0.3 is 0 Å². The number of hydrogen-bond donors (Lipinski definition) is 0. The smallest absolute Gasteiger partial charge is 0.222 e. The number of carbonyl (C=O) groups excluding carboxylic acids is 1. The summed E-state index contributed by atoms with van der Waals surface area (Å²) >= 11 is 6.16. The molecule has 0 aliphatic carbocycles. The lowest BCUT2D eigenvalue weighted by molar-refractivity contribution is -0.130. The van der Waals surface area contributed by atoms with Gasteiger partial charge in [0.25, 0.3) is 0 Å². The van der Waals surface area contributed by atoms with Gasteiger partial charge in [-0.15, -0.1) is 0 Å². The van der Waals surface area contributed by atoms with Crippen LogP contribution in [0.15, 0.2) is 42.9 Å². The van der Waals surface area contributed by atoms with Crippen molar-refractivity contribution in [2.75, 3.05) is 31.1 Å². The molecule has 1 aromatic carbocycles. The van der Waals surface area contributed by atoms with E-state index in [2.05, 4.69) is 14.9 Å². The minimum Gasteiger partial charge on any atom is -0.354 e. The van der Waals surface area contributed by atoms with Crippen LogP contribution in [0, 0.1) is 0 Å². The second-order valence-electron chi connectivity index (χ2n) is 5.88. The molecule has 0 saturated carbocycles. The first-order valence-corrected chi connectivity index (χ1v) is 8.64. The van der Waals surface area contributed by atoms with Crippen molar-refractivity contribution in [2.45, 2.75) is 19.3 Å². The number of aryl methyl sites for hydroxylation is 1. The van der Waals surface area contributed by atoms with Crippen LogP contribution in [0.1, 0.15) is 18.4 Å². The first-order chi connectivity index (χ1) is 11.7. The predicted octanol–water partition coefficient (Wildman–Crippen LogP) is 2.80. The number of rotatable bonds is 4. The second-order valence-corrected chi connectivity index (χ2v) is 6.28. The van der Waals surface area contributed by atoms with Gasteiger partial charge in [0.15, 0.2) is 0 Å². The van der Waals surface area contributed by atoms with E-state index in [0.717, 1.165) is 49.0 Å². The normalized spacial score (nSPS) is 15.2. The van der Waals surface area contributed by atoms with Gasteiger partial charge in [-0.2, -0.15) is 0 Å². The summed E-state index contributed by atoms with van der Waals surface area (Å²) < 4.78 is 0. The van der Waals surface area contributed by atoms with E-state index in [1.165, 1.54) is 0 Å². The third-order valence-corrected chi connectivity index (χ3v) is 4.66. The van der Waals surface area contributed by atoms with Crippen molar-refractivity contribution in [1.29, 1.82) is 0 Å². The molecule has 6 heteroatoms. The van der Waals surface area contributed by atoms with Gasteiger partial charge in [-0.3, -0.25) is 9.78 Å². The van der Waals surface area contributed by atoms with Crippen LogP contribution in [0.3, 0.4) is 0 Å². The summed E-state index contributed by atoms with van der Waals surface area (Å²) in [7, 11) is 0. The molecular weight excluding hydrogens is 324 g/mol. The predicted molar refractivity (Wildman–Crippen MR) is 95.2 cm³/mol. The summed E-state index contributed by atoms with van der Waals surface area (Å²) in [5.74, 6) is 1.07. The topological polar surface area (TPSA) is 49.3 Å². The molecule has 0 bridgehead atoms. The molecule has 2 heterocycles. The number of hydrogen-bond acceptors (Lipinski definition) is 4. The molecule has 24 heavy (non-hydrogen) atoms. The van der Waals surface area contributed by atoms with E-state index in [4.69, 9.17) is 11.6 Å². The van der Waals surface area contributed by atoms with E-state index in [9.17, 15) is 4.79 Å². The number of halogens is 1. The van der Waals surface area contributed by atoms with Crippen LogP contribution in [-0.2, 0) is 11.2 Å². The maximum absolute atomic E-state index is 12.5. The SMILES string of the molecule is O=C(CCc1ccccc1Cl)N1CCCN(c2cnccn2)CC1. The van der Waals surface area contributed by atoms with Gasteiger partial charge in [0.2, 0.25) is 5.91 Å².